The number of anilines is 1. The van der Waals surface area contributed by atoms with Crippen LogP contribution in [0.1, 0.15) is 6.42 Å². The molecule has 1 aromatic rings. The molecule has 0 spiro atoms. The summed E-state index contributed by atoms with van der Waals surface area (Å²) in [6.07, 6.45) is 1.08. The molecule has 15 heavy (non-hydrogen) atoms. The molecule has 4 nitrogen and oxygen atoms in total. The molecule has 0 bridgehead atoms. The number of benzene rings is 1. The fourth-order valence-corrected chi connectivity index (χ4v) is 1.49. The Morgan fingerprint density at radius 1 is 1.27 bits per heavy atom. The summed E-state index contributed by atoms with van der Waals surface area (Å²) in [4.78, 5) is 4.26. The van der Waals surface area contributed by atoms with Crippen LogP contribution >= 0.6 is 11.6 Å². The van der Waals surface area contributed by atoms with Crippen molar-refractivity contribution in [3.8, 4) is 0 Å². The number of guanidine groups is 1. The third-order valence-corrected chi connectivity index (χ3v) is 2.42. The van der Waals surface area contributed by atoms with Crippen LogP contribution in [-0.2, 0) is 0 Å². The maximum Gasteiger partial charge on any atom is 0.210 e. The van der Waals surface area contributed by atoms with Crippen molar-refractivity contribution in [2.24, 2.45) is 4.99 Å². The van der Waals surface area contributed by atoms with E-state index in [-0.39, 0.29) is 0 Å². The normalized spacial score (nSPS) is 15.1. The van der Waals surface area contributed by atoms with E-state index in [0.29, 0.717) is 5.02 Å². The van der Waals surface area contributed by atoms with E-state index >= 15 is 0 Å². The molecule has 0 atom stereocenters. The first kappa shape index (κ1) is 10.1. The SMILES string of the molecule is Clc1ccccc1NNC1=NCCCN1. The minimum atomic E-state index is 0.682. The van der Waals surface area contributed by atoms with Gasteiger partial charge in [-0.25, -0.2) is 0 Å². The van der Waals surface area contributed by atoms with E-state index in [2.05, 4.69) is 21.2 Å². The molecule has 0 aliphatic carbocycles. The second-order valence-corrected chi connectivity index (χ2v) is 3.65. The summed E-state index contributed by atoms with van der Waals surface area (Å²) >= 11 is 5.98. The van der Waals surface area contributed by atoms with Crippen LogP contribution in [0.5, 0.6) is 0 Å². The summed E-state index contributed by atoms with van der Waals surface area (Å²) < 4.78 is 0. The maximum atomic E-state index is 5.98. The summed E-state index contributed by atoms with van der Waals surface area (Å²) in [6, 6.07) is 7.55. The van der Waals surface area contributed by atoms with Gasteiger partial charge in [-0.15, -0.1) is 0 Å². The van der Waals surface area contributed by atoms with Crippen molar-refractivity contribution in [2.45, 2.75) is 6.42 Å². The molecule has 3 N–H and O–H groups in total. The second kappa shape index (κ2) is 4.89. The smallest absolute Gasteiger partial charge is 0.210 e. The maximum absolute atomic E-state index is 5.98. The van der Waals surface area contributed by atoms with E-state index in [9.17, 15) is 0 Å². The molecule has 0 aromatic heterocycles. The summed E-state index contributed by atoms with van der Waals surface area (Å²) in [5.41, 5.74) is 6.83. The molecule has 2 rings (SSSR count). The molecule has 0 fully saturated rings. The Kier molecular flexibility index (Phi) is 3.29. The van der Waals surface area contributed by atoms with Crippen molar-refractivity contribution in [2.75, 3.05) is 18.5 Å². The van der Waals surface area contributed by atoms with Crippen LogP contribution in [0.4, 0.5) is 5.69 Å². The Morgan fingerprint density at radius 3 is 2.87 bits per heavy atom. The molecule has 0 saturated carbocycles. The number of nitrogens with zero attached hydrogens (tertiary/aromatic N) is 1. The molecule has 0 unspecified atom stereocenters. The number of hydrogen-bond acceptors (Lipinski definition) is 4. The van der Waals surface area contributed by atoms with E-state index in [0.717, 1.165) is 31.2 Å². The van der Waals surface area contributed by atoms with E-state index < -0.39 is 0 Å². The zero-order valence-electron chi connectivity index (χ0n) is 8.26. The van der Waals surface area contributed by atoms with Crippen molar-refractivity contribution in [1.82, 2.24) is 10.7 Å². The van der Waals surface area contributed by atoms with Gasteiger partial charge in [0.05, 0.1) is 10.7 Å². The van der Waals surface area contributed by atoms with E-state index in [1.165, 1.54) is 0 Å². The van der Waals surface area contributed by atoms with Gasteiger partial charge in [0.25, 0.3) is 0 Å². The lowest BCUT2D eigenvalue weighted by Crippen LogP contribution is -2.43. The van der Waals surface area contributed by atoms with Gasteiger partial charge in [0.2, 0.25) is 5.96 Å². The van der Waals surface area contributed by atoms with Crippen molar-refractivity contribution in [3.05, 3.63) is 29.3 Å². The number of halogens is 1. The second-order valence-electron chi connectivity index (χ2n) is 3.24. The third-order valence-electron chi connectivity index (χ3n) is 2.09. The zero-order chi connectivity index (χ0) is 10.5. The zero-order valence-corrected chi connectivity index (χ0v) is 9.01. The summed E-state index contributed by atoms with van der Waals surface area (Å²) in [5.74, 6) is 0.765. The van der Waals surface area contributed by atoms with Gasteiger partial charge in [0.1, 0.15) is 0 Å². The van der Waals surface area contributed by atoms with Crippen LogP contribution in [0.15, 0.2) is 29.3 Å². The van der Waals surface area contributed by atoms with Gasteiger partial charge in [0.15, 0.2) is 0 Å². The van der Waals surface area contributed by atoms with Gasteiger partial charge < -0.3 is 5.32 Å². The van der Waals surface area contributed by atoms with Crippen molar-refractivity contribution < 1.29 is 0 Å². The minimum Gasteiger partial charge on any atom is -0.355 e. The van der Waals surface area contributed by atoms with Crippen LogP contribution in [0, 0.1) is 0 Å². The predicted octanol–water partition coefficient (Wildman–Crippen LogP) is 1.61. The number of hydrazine groups is 1. The number of nitrogens with one attached hydrogen (secondary N) is 3. The van der Waals surface area contributed by atoms with Crippen molar-refractivity contribution in [1.29, 1.82) is 0 Å². The average Bonchev–Trinajstić information content (AvgIpc) is 2.29. The topological polar surface area (TPSA) is 48.5 Å². The molecule has 1 aliphatic rings. The Balaban J connectivity index is 1.93. The van der Waals surface area contributed by atoms with E-state index in [1.54, 1.807) is 0 Å². The summed E-state index contributed by atoms with van der Waals surface area (Å²) in [5, 5.41) is 3.82. The predicted molar refractivity (Wildman–Crippen MR) is 63.1 cm³/mol. The van der Waals surface area contributed by atoms with Crippen LogP contribution in [0.25, 0.3) is 0 Å². The Labute approximate surface area is 93.7 Å². The molecule has 0 amide bonds. The molecular weight excluding hydrogens is 212 g/mol. The summed E-state index contributed by atoms with van der Waals surface area (Å²) in [6.45, 7) is 1.82. The first-order chi connectivity index (χ1) is 7.36. The molecule has 1 aromatic carbocycles. The Hall–Kier alpha value is -1.42. The molecule has 1 heterocycles. The Bertz CT molecular complexity index is 364. The fraction of sp³-hybridized carbons (Fsp3) is 0.300. The third kappa shape index (κ3) is 2.76. The lowest BCUT2D eigenvalue weighted by molar-refractivity contribution is 0.718. The molecule has 5 heteroatoms. The number of hydrogen-bond donors (Lipinski definition) is 3. The van der Waals surface area contributed by atoms with Crippen molar-refractivity contribution in [3.63, 3.8) is 0 Å². The number of para-hydroxylation sites is 1. The van der Waals surface area contributed by atoms with Gasteiger partial charge >= 0.3 is 0 Å². The van der Waals surface area contributed by atoms with E-state index in [4.69, 9.17) is 11.6 Å². The minimum absolute atomic E-state index is 0.682. The molecule has 1 aliphatic heterocycles. The average molecular weight is 225 g/mol. The van der Waals surface area contributed by atoms with Gasteiger partial charge in [-0.1, -0.05) is 23.7 Å². The van der Waals surface area contributed by atoms with Gasteiger partial charge in [-0.05, 0) is 18.6 Å². The molecular formula is C10H13ClN4. The highest BCUT2D eigenvalue weighted by Gasteiger charge is 2.03. The van der Waals surface area contributed by atoms with Crippen LogP contribution in [-0.4, -0.2) is 19.0 Å². The monoisotopic (exact) mass is 224 g/mol. The highest BCUT2D eigenvalue weighted by atomic mass is 35.5. The largest absolute Gasteiger partial charge is 0.355 e. The van der Waals surface area contributed by atoms with Crippen molar-refractivity contribution >= 4 is 23.2 Å². The standard InChI is InChI=1S/C10H13ClN4/c11-8-4-1-2-5-9(8)14-15-10-12-6-3-7-13-10/h1-2,4-5,14H,3,6-7H2,(H2,12,13,15). The van der Waals surface area contributed by atoms with Crippen LogP contribution < -0.4 is 16.2 Å². The van der Waals surface area contributed by atoms with E-state index in [1.807, 2.05) is 24.3 Å². The summed E-state index contributed by atoms with van der Waals surface area (Å²) in [7, 11) is 0. The molecule has 80 valence electrons. The van der Waals surface area contributed by atoms with Crippen LogP contribution in [0.3, 0.4) is 0 Å². The van der Waals surface area contributed by atoms with Crippen LogP contribution in [0.2, 0.25) is 5.02 Å². The lowest BCUT2D eigenvalue weighted by Gasteiger charge is -2.17. The Morgan fingerprint density at radius 2 is 2.13 bits per heavy atom. The highest BCUT2D eigenvalue weighted by molar-refractivity contribution is 6.33. The number of aliphatic imine (C=N–C) groups is 1. The number of rotatable bonds is 2. The quantitative estimate of drug-likeness (QED) is 0.669. The first-order valence-corrected chi connectivity index (χ1v) is 5.29. The van der Waals surface area contributed by atoms with Gasteiger partial charge in [-0.3, -0.25) is 15.8 Å². The highest BCUT2D eigenvalue weighted by Crippen LogP contribution is 2.19. The molecule has 0 radical (unpaired) electrons. The van der Waals surface area contributed by atoms with Gasteiger partial charge in [-0.2, -0.15) is 0 Å². The first-order valence-electron chi connectivity index (χ1n) is 4.91. The lowest BCUT2D eigenvalue weighted by atomic mass is 10.3. The molecule has 0 saturated heterocycles. The fourth-order valence-electron chi connectivity index (χ4n) is 1.31. The van der Waals surface area contributed by atoms with Gasteiger partial charge in [0, 0.05) is 13.1 Å².